The van der Waals surface area contributed by atoms with Gasteiger partial charge in [0.2, 0.25) is 0 Å². The molecule has 0 N–H and O–H groups in total. The van der Waals surface area contributed by atoms with Crippen LogP contribution in [-0.2, 0) is 4.74 Å². The molecule has 3 saturated heterocycles. The van der Waals surface area contributed by atoms with Crippen molar-refractivity contribution in [3.63, 3.8) is 0 Å². The summed E-state index contributed by atoms with van der Waals surface area (Å²) in [5.74, 6) is 0. The van der Waals surface area contributed by atoms with Crippen LogP contribution in [0.2, 0.25) is 0 Å². The maximum Gasteiger partial charge on any atom is 0.0623 e. The van der Waals surface area contributed by atoms with Gasteiger partial charge in [-0.3, -0.25) is 4.90 Å². The van der Waals surface area contributed by atoms with Gasteiger partial charge in [-0.05, 0) is 12.0 Å². The van der Waals surface area contributed by atoms with E-state index in [4.69, 9.17) is 10.3 Å². The van der Waals surface area contributed by atoms with Gasteiger partial charge in [0.1, 0.15) is 0 Å². The second-order valence-corrected chi connectivity index (χ2v) is 3.27. The Morgan fingerprint density at radius 1 is 1.50 bits per heavy atom. The second-order valence-electron chi connectivity index (χ2n) is 3.27. The summed E-state index contributed by atoms with van der Waals surface area (Å²) in [5, 5.41) is 3.52. The van der Waals surface area contributed by atoms with Crippen LogP contribution in [0, 0.1) is 0 Å². The van der Waals surface area contributed by atoms with Gasteiger partial charge in [-0.1, -0.05) is 5.11 Å². The molecule has 12 heavy (non-hydrogen) atoms. The normalized spacial score (nSPS) is 33.7. The predicted molar refractivity (Wildman–Crippen MR) is 43.7 cm³/mol. The lowest BCUT2D eigenvalue weighted by molar-refractivity contribution is -0.125. The van der Waals surface area contributed by atoms with Gasteiger partial charge in [-0.25, -0.2) is 0 Å². The maximum absolute atomic E-state index is 8.09. The Kier molecular flexibility index (Phi) is 2.17. The molecule has 2 bridgehead atoms. The summed E-state index contributed by atoms with van der Waals surface area (Å²) in [5.41, 5.74) is 8.09. The van der Waals surface area contributed by atoms with Crippen LogP contribution in [-0.4, -0.2) is 43.3 Å². The van der Waals surface area contributed by atoms with Crippen LogP contribution in [0.4, 0.5) is 0 Å². The van der Waals surface area contributed by atoms with Crippen molar-refractivity contribution in [2.24, 2.45) is 5.11 Å². The zero-order valence-electron chi connectivity index (χ0n) is 6.89. The molecule has 3 aliphatic rings. The fraction of sp³-hybridized carbons (Fsp3) is 1.00. The number of azide groups is 1. The first-order chi connectivity index (χ1) is 5.92. The Hall–Kier alpha value is -0.770. The van der Waals surface area contributed by atoms with E-state index in [2.05, 4.69) is 14.9 Å². The van der Waals surface area contributed by atoms with Crippen molar-refractivity contribution >= 4 is 0 Å². The molecule has 0 aliphatic carbocycles. The van der Waals surface area contributed by atoms with Crippen molar-refractivity contribution in [3.8, 4) is 0 Å². The van der Waals surface area contributed by atoms with E-state index < -0.39 is 0 Å². The molecule has 3 rings (SSSR count). The highest BCUT2D eigenvalue weighted by Gasteiger charge is 2.41. The topological polar surface area (TPSA) is 61.2 Å². The van der Waals surface area contributed by atoms with Gasteiger partial charge < -0.3 is 4.74 Å². The SMILES string of the molecule is [N-]=[N+]=NCCN1C2COCC1C2. The van der Waals surface area contributed by atoms with Crippen molar-refractivity contribution in [2.75, 3.05) is 26.3 Å². The van der Waals surface area contributed by atoms with Crippen LogP contribution < -0.4 is 0 Å². The average Bonchev–Trinajstić information content (AvgIpc) is 2.13. The minimum Gasteiger partial charge on any atom is -0.378 e. The molecule has 5 heteroatoms. The molecule has 0 saturated carbocycles. The molecule has 0 radical (unpaired) electrons. The summed E-state index contributed by atoms with van der Waals surface area (Å²) in [7, 11) is 0. The first-order valence-electron chi connectivity index (χ1n) is 4.26. The molecule has 3 fully saturated rings. The standard InChI is InChI=1S/C7H12N4O/c8-10-9-1-2-11-6-3-7(11)5-12-4-6/h6-7H,1-5H2. The molecule has 0 aromatic rings. The van der Waals surface area contributed by atoms with Crippen molar-refractivity contribution in [1.29, 1.82) is 0 Å². The largest absolute Gasteiger partial charge is 0.378 e. The number of nitrogens with zero attached hydrogens (tertiary/aromatic N) is 4. The highest BCUT2D eigenvalue weighted by Crippen LogP contribution is 2.29. The van der Waals surface area contributed by atoms with Crippen LogP contribution in [0.5, 0.6) is 0 Å². The molecule has 2 atom stereocenters. The quantitative estimate of drug-likeness (QED) is 0.355. The summed E-state index contributed by atoms with van der Waals surface area (Å²) in [6, 6.07) is 1.19. The molecule has 2 unspecified atom stereocenters. The van der Waals surface area contributed by atoms with E-state index in [0.717, 1.165) is 19.8 Å². The predicted octanol–water partition coefficient (Wildman–Crippen LogP) is 0.770. The second kappa shape index (κ2) is 3.31. The summed E-state index contributed by atoms with van der Waals surface area (Å²) in [6.45, 7) is 3.19. The van der Waals surface area contributed by atoms with E-state index in [1.165, 1.54) is 6.42 Å². The lowest BCUT2D eigenvalue weighted by Gasteiger charge is -2.52. The fourth-order valence-corrected chi connectivity index (χ4v) is 1.98. The number of ether oxygens (including phenoxy) is 1. The number of rotatable bonds is 3. The van der Waals surface area contributed by atoms with Crippen molar-refractivity contribution in [1.82, 2.24) is 4.90 Å². The average molecular weight is 168 g/mol. The molecule has 66 valence electrons. The van der Waals surface area contributed by atoms with Gasteiger partial charge in [-0.2, -0.15) is 0 Å². The summed E-state index contributed by atoms with van der Waals surface area (Å²) in [4.78, 5) is 5.10. The van der Waals surface area contributed by atoms with Crippen molar-refractivity contribution in [3.05, 3.63) is 10.4 Å². The molecular weight excluding hydrogens is 156 g/mol. The molecule has 5 nitrogen and oxygen atoms in total. The number of fused-ring (bicyclic) bond motifs is 2. The van der Waals surface area contributed by atoms with Crippen LogP contribution >= 0.6 is 0 Å². The molecule has 0 aromatic heterocycles. The number of hydrogen-bond acceptors (Lipinski definition) is 3. The molecule has 0 aromatic carbocycles. The minimum atomic E-state index is 0.587. The third-order valence-electron chi connectivity index (χ3n) is 2.62. The highest BCUT2D eigenvalue weighted by molar-refractivity contribution is 4.95. The minimum absolute atomic E-state index is 0.587. The van der Waals surface area contributed by atoms with Gasteiger partial charge in [-0.15, -0.1) is 0 Å². The smallest absolute Gasteiger partial charge is 0.0623 e. The van der Waals surface area contributed by atoms with Gasteiger partial charge in [0.15, 0.2) is 0 Å². The Morgan fingerprint density at radius 2 is 2.25 bits per heavy atom. The zero-order valence-corrected chi connectivity index (χ0v) is 6.89. The zero-order chi connectivity index (χ0) is 8.39. The lowest BCUT2D eigenvalue weighted by Crippen LogP contribution is -2.64. The van der Waals surface area contributed by atoms with E-state index in [0.29, 0.717) is 18.6 Å². The van der Waals surface area contributed by atoms with Crippen molar-refractivity contribution in [2.45, 2.75) is 18.5 Å². The van der Waals surface area contributed by atoms with Crippen LogP contribution in [0.25, 0.3) is 10.4 Å². The summed E-state index contributed by atoms with van der Waals surface area (Å²) < 4.78 is 5.32. The van der Waals surface area contributed by atoms with E-state index in [1.807, 2.05) is 0 Å². The maximum atomic E-state index is 8.09. The van der Waals surface area contributed by atoms with Gasteiger partial charge in [0.05, 0.1) is 13.2 Å². The molecule has 3 heterocycles. The van der Waals surface area contributed by atoms with Gasteiger partial charge >= 0.3 is 0 Å². The van der Waals surface area contributed by atoms with Gasteiger partial charge in [0, 0.05) is 30.1 Å². The molecule has 0 amide bonds. The van der Waals surface area contributed by atoms with Crippen molar-refractivity contribution < 1.29 is 4.74 Å². The van der Waals surface area contributed by atoms with E-state index in [9.17, 15) is 0 Å². The highest BCUT2D eigenvalue weighted by atomic mass is 16.5. The molecule has 3 aliphatic heterocycles. The monoisotopic (exact) mass is 168 g/mol. The Balaban J connectivity index is 1.78. The number of hydrogen-bond donors (Lipinski definition) is 0. The lowest BCUT2D eigenvalue weighted by atomic mass is 9.91. The number of morpholine rings is 1. The van der Waals surface area contributed by atoms with E-state index in [-0.39, 0.29) is 0 Å². The summed E-state index contributed by atoms with van der Waals surface area (Å²) >= 11 is 0. The third kappa shape index (κ3) is 1.27. The van der Waals surface area contributed by atoms with E-state index >= 15 is 0 Å². The molecule has 0 spiro atoms. The van der Waals surface area contributed by atoms with Crippen LogP contribution in [0.15, 0.2) is 5.11 Å². The Bertz CT molecular complexity index is 199. The van der Waals surface area contributed by atoms with Gasteiger partial charge in [0.25, 0.3) is 0 Å². The molecular formula is C7H12N4O. The first-order valence-corrected chi connectivity index (χ1v) is 4.26. The van der Waals surface area contributed by atoms with Crippen LogP contribution in [0.1, 0.15) is 6.42 Å². The first kappa shape index (κ1) is 7.86. The van der Waals surface area contributed by atoms with E-state index in [1.54, 1.807) is 0 Å². The fourth-order valence-electron chi connectivity index (χ4n) is 1.98. The summed E-state index contributed by atoms with van der Waals surface area (Å²) in [6.07, 6.45) is 1.26. The Morgan fingerprint density at radius 3 is 2.83 bits per heavy atom. The van der Waals surface area contributed by atoms with Crippen LogP contribution in [0.3, 0.4) is 0 Å². The third-order valence-corrected chi connectivity index (χ3v) is 2.62. The Labute approximate surface area is 70.9 Å².